The SMILES string of the molecule is O=S(=O)(Nc1ccc(CNC2CC2)cc1)c1ccccc1. The van der Waals surface area contributed by atoms with E-state index in [1.54, 1.807) is 42.5 Å². The normalized spacial score (nSPS) is 14.9. The third kappa shape index (κ3) is 3.83. The number of anilines is 1. The maximum Gasteiger partial charge on any atom is 0.261 e. The van der Waals surface area contributed by atoms with Crippen molar-refractivity contribution in [2.75, 3.05) is 4.72 Å². The molecule has 1 aliphatic carbocycles. The molecule has 5 heteroatoms. The zero-order chi connectivity index (χ0) is 14.7. The van der Waals surface area contributed by atoms with Crippen LogP contribution < -0.4 is 10.0 Å². The molecule has 0 unspecified atom stereocenters. The molecule has 4 nitrogen and oxygen atoms in total. The molecule has 2 aromatic carbocycles. The number of nitrogens with one attached hydrogen (secondary N) is 2. The zero-order valence-electron chi connectivity index (χ0n) is 11.6. The summed E-state index contributed by atoms with van der Waals surface area (Å²) in [7, 11) is -3.51. The van der Waals surface area contributed by atoms with Crippen molar-refractivity contribution in [3.63, 3.8) is 0 Å². The predicted octanol–water partition coefficient (Wildman–Crippen LogP) is 2.74. The quantitative estimate of drug-likeness (QED) is 0.862. The first-order valence-electron chi connectivity index (χ1n) is 7.04. The Hall–Kier alpha value is -1.85. The first kappa shape index (κ1) is 14.1. The van der Waals surface area contributed by atoms with Gasteiger partial charge in [0, 0.05) is 18.3 Å². The number of sulfonamides is 1. The smallest absolute Gasteiger partial charge is 0.261 e. The van der Waals surface area contributed by atoms with Gasteiger partial charge in [0.1, 0.15) is 0 Å². The Morgan fingerprint density at radius 2 is 1.62 bits per heavy atom. The molecule has 1 aliphatic rings. The molecule has 0 aliphatic heterocycles. The molecule has 1 saturated carbocycles. The maximum atomic E-state index is 12.2. The van der Waals surface area contributed by atoms with E-state index in [4.69, 9.17) is 0 Å². The Bertz CT molecular complexity index is 693. The van der Waals surface area contributed by atoms with Crippen LogP contribution in [0.2, 0.25) is 0 Å². The van der Waals surface area contributed by atoms with Crippen LogP contribution in [0.1, 0.15) is 18.4 Å². The molecule has 21 heavy (non-hydrogen) atoms. The minimum Gasteiger partial charge on any atom is -0.310 e. The fourth-order valence-electron chi connectivity index (χ4n) is 2.05. The largest absolute Gasteiger partial charge is 0.310 e. The molecule has 0 heterocycles. The lowest BCUT2D eigenvalue weighted by Gasteiger charge is -2.09. The van der Waals surface area contributed by atoms with Crippen LogP contribution in [0.3, 0.4) is 0 Å². The van der Waals surface area contributed by atoms with Gasteiger partial charge in [0.2, 0.25) is 0 Å². The lowest BCUT2D eigenvalue weighted by molar-refractivity contribution is 0.601. The number of benzene rings is 2. The highest BCUT2D eigenvalue weighted by molar-refractivity contribution is 7.92. The molecular weight excluding hydrogens is 284 g/mol. The summed E-state index contributed by atoms with van der Waals surface area (Å²) in [5.41, 5.74) is 1.73. The predicted molar refractivity (Wildman–Crippen MR) is 83.6 cm³/mol. The van der Waals surface area contributed by atoms with Crippen LogP contribution in [0.5, 0.6) is 0 Å². The van der Waals surface area contributed by atoms with Crippen molar-refractivity contribution in [3.05, 3.63) is 60.2 Å². The van der Waals surface area contributed by atoms with E-state index in [-0.39, 0.29) is 4.90 Å². The van der Waals surface area contributed by atoms with E-state index >= 15 is 0 Å². The van der Waals surface area contributed by atoms with Crippen LogP contribution in [0, 0.1) is 0 Å². The third-order valence-electron chi connectivity index (χ3n) is 3.43. The second kappa shape index (κ2) is 5.87. The molecule has 0 radical (unpaired) electrons. The van der Waals surface area contributed by atoms with Gasteiger partial charge in [0.25, 0.3) is 10.0 Å². The average Bonchev–Trinajstić information content (AvgIpc) is 3.31. The summed E-state index contributed by atoms with van der Waals surface area (Å²) in [4.78, 5) is 0.268. The average molecular weight is 302 g/mol. The Balaban J connectivity index is 1.66. The Labute approximate surface area is 125 Å². The molecule has 0 aromatic heterocycles. The van der Waals surface area contributed by atoms with Gasteiger partial charge in [-0.25, -0.2) is 8.42 Å². The third-order valence-corrected chi connectivity index (χ3v) is 4.83. The summed E-state index contributed by atoms with van der Waals surface area (Å²) in [5.74, 6) is 0. The lowest BCUT2D eigenvalue weighted by Crippen LogP contribution is -2.15. The highest BCUT2D eigenvalue weighted by Gasteiger charge is 2.19. The number of hydrogen-bond acceptors (Lipinski definition) is 3. The van der Waals surface area contributed by atoms with Crippen LogP contribution in [-0.4, -0.2) is 14.5 Å². The van der Waals surface area contributed by atoms with E-state index in [0.717, 1.165) is 12.1 Å². The van der Waals surface area contributed by atoms with Gasteiger partial charge in [-0.2, -0.15) is 0 Å². The van der Waals surface area contributed by atoms with E-state index in [1.807, 2.05) is 12.1 Å². The first-order valence-corrected chi connectivity index (χ1v) is 8.52. The van der Waals surface area contributed by atoms with Crippen molar-refractivity contribution in [3.8, 4) is 0 Å². The Morgan fingerprint density at radius 1 is 0.952 bits per heavy atom. The van der Waals surface area contributed by atoms with Crippen molar-refractivity contribution in [1.82, 2.24) is 5.32 Å². The highest BCUT2D eigenvalue weighted by atomic mass is 32.2. The molecule has 0 bridgehead atoms. The standard InChI is InChI=1S/C16H18N2O2S/c19-21(20,16-4-2-1-3-5-16)18-15-8-6-13(7-9-15)12-17-14-10-11-14/h1-9,14,17-18H,10-12H2. The maximum absolute atomic E-state index is 12.2. The minimum absolute atomic E-state index is 0.268. The van der Waals surface area contributed by atoms with Crippen LogP contribution in [0.15, 0.2) is 59.5 Å². The molecule has 2 aromatic rings. The Kier molecular flexibility index (Phi) is 3.94. The molecule has 110 valence electrons. The van der Waals surface area contributed by atoms with Gasteiger partial charge in [-0.05, 0) is 42.7 Å². The van der Waals surface area contributed by atoms with Crippen molar-refractivity contribution in [2.24, 2.45) is 0 Å². The van der Waals surface area contributed by atoms with Gasteiger partial charge in [0.15, 0.2) is 0 Å². The highest BCUT2D eigenvalue weighted by Crippen LogP contribution is 2.20. The molecule has 2 N–H and O–H groups in total. The zero-order valence-corrected chi connectivity index (χ0v) is 12.4. The molecule has 0 atom stereocenters. The van der Waals surface area contributed by atoms with Crippen molar-refractivity contribution in [2.45, 2.75) is 30.3 Å². The van der Waals surface area contributed by atoms with Crippen LogP contribution in [-0.2, 0) is 16.6 Å². The van der Waals surface area contributed by atoms with Crippen molar-refractivity contribution < 1.29 is 8.42 Å². The van der Waals surface area contributed by atoms with Gasteiger partial charge in [-0.15, -0.1) is 0 Å². The van der Waals surface area contributed by atoms with Crippen LogP contribution in [0.4, 0.5) is 5.69 Å². The summed E-state index contributed by atoms with van der Waals surface area (Å²) in [6.45, 7) is 0.830. The monoisotopic (exact) mass is 302 g/mol. The summed E-state index contributed by atoms with van der Waals surface area (Å²) in [6.07, 6.45) is 2.52. The van der Waals surface area contributed by atoms with E-state index < -0.39 is 10.0 Å². The Morgan fingerprint density at radius 3 is 2.24 bits per heavy atom. The molecule has 0 saturated heterocycles. The fourth-order valence-corrected chi connectivity index (χ4v) is 3.13. The first-order chi connectivity index (χ1) is 10.1. The summed E-state index contributed by atoms with van der Waals surface area (Å²) < 4.78 is 27.0. The molecule has 3 rings (SSSR count). The van der Waals surface area contributed by atoms with Gasteiger partial charge in [-0.1, -0.05) is 30.3 Å². The number of hydrogen-bond donors (Lipinski definition) is 2. The molecule has 1 fully saturated rings. The topological polar surface area (TPSA) is 58.2 Å². The minimum atomic E-state index is -3.51. The summed E-state index contributed by atoms with van der Waals surface area (Å²) >= 11 is 0. The van der Waals surface area contributed by atoms with E-state index in [1.165, 1.54) is 12.8 Å². The second-order valence-electron chi connectivity index (χ2n) is 5.27. The lowest BCUT2D eigenvalue weighted by atomic mass is 10.2. The van der Waals surface area contributed by atoms with Crippen molar-refractivity contribution in [1.29, 1.82) is 0 Å². The van der Waals surface area contributed by atoms with E-state index in [0.29, 0.717) is 11.7 Å². The van der Waals surface area contributed by atoms with Crippen molar-refractivity contribution >= 4 is 15.7 Å². The van der Waals surface area contributed by atoms with Gasteiger partial charge in [-0.3, -0.25) is 4.72 Å². The van der Waals surface area contributed by atoms with Gasteiger partial charge >= 0.3 is 0 Å². The molecule has 0 spiro atoms. The fraction of sp³-hybridized carbons (Fsp3) is 0.250. The van der Waals surface area contributed by atoms with E-state index in [9.17, 15) is 8.42 Å². The van der Waals surface area contributed by atoms with Crippen LogP contribution in [0.25, 0.3) is 0 Å². The summed E-state index contributed by atoms with van der Waals surface area (Å²) in [5, 5.41) is 3.43. The van der Waals surface area contributed by atoms with Gasteiger partial charge < -0.3 is 5.32 Å². The van der Waals surface area contributed by atoms with E-state index in [2.05, 4.69) is 10.0 Å². The molecule has 0 amide bonds. The summed E-state index contributed by atoms with van der Waals surface area (Å²) in [6, 6.07) is 16.5. The van der Waals surface area contributed by atoms with Crippen LogP contribution >= 0.6 is 0 Å². The van der Waals surface area contributed by atoms with Gasteiger partial charge in [0.05, 0.1) is 4.90 Å². The molecular formula is C16H18N2O2S. The second-order valence-corrected chi connectivity index (χ2v) is 6.95. The number of rotatable bonds is 6.